The van der Waals surface area contributed by atoms with Crippen LogP contribution in [0.1, 0.15) is 22.8 Å². The molecule has 1 aliphatic heterocycles. The van der Waals surface area contributed by atoms with Crippen molar-refractivity contribution >= 4 is 0 Å². The van der Waals surface area contributed by atoms with Gasteiger partial charge in [0.25, 0.3) is 0 Å². The fourth-order valence-electron chi connectivity index (χ4n) is 2.05. The molecule has 1 aliphatic rings. The number of ether oxygens (including phenoxy) is 1. The fraction of sp³-hybridized carbons (Fsp3) is 0.154. The Hall–Kier alpha value is -2.01. The Morgan fingerprint density at radius 2 is 2.06 bits per heavy atom. The summed E-state index contributed by atoms with van der Waals surface area (Å²) in [6.45, 7) is -0.153. The van der Waals surface area contributed by atoms with Gasteiger partial charge in [0.1, 0.15) is 12.7 Å². The van der Waals surface area contributed by atoms with Crippen molar-refractivity contribution in [2.45, 2.75) is 12.7 Å². The topological polar surface area (TPSA) is 42.4 Å². The fourth-order valence-corrected chi connectivity index (χ4v) is 2.05. The molecule has 1 N–H and O–H groups in total. The molecule has 5 heteroatoms. The minimum Gasteiger partial charge on any atom is -0.472 e. The molecule has 1 atom stereocenters. The summed E-state index contributed by atoms with van der Waals surface area (Å²) in [6.07, 6.45) is 0.444. The first kappa shape index (κ1) is 11.1. The maximum atomic E-state index is 13.7. The van der Waals surface area contributed by atoms with Crippen molar-refractivity contribution in [2.75, 3.05) is 0 Å². The van der Waals surface area contributed by atoms with Crippen LogP contribution in [-0.4, -0.2) is 10.1 Å². The lowest BCUT2D eigenvalue weighted by Crippen LogP contribution is -2.05. The molecule has 92 valence electrons. The SMILES string of the molecule is OC1c2cccnc2OCc2c1ccc(F)c2F. The highest BCUT2D eigenvalue weighted by Gasteiger charge is 2.26. The Balaban J connectivity index is 2.21. The van der Waals surface area contributed by atoms with Crippen molar-refractivity contribution in [3.63, 3.8) is 0 Å². The van der Waals surface area contributed by atoms with Gasteiger partial charge in [-0.1, -0.05) is 6.07 Å². The van der Waals surface area contributed by atoms with E-state index in [2.05, 4.69) is 4.98 Å². The van der Waals surface area contributed by atoms with Crippen LogP contribution >= 0.6 is 0 Å². The second-order valence-corrected chi connectivity index (χ2v) is 4.02. The molecule has 0 amide bonds. The van der Waals surface area contributed by atoms with Crippen LogP contribution in [0.25, 0.3) is 0 Å². The zero-order chi connectivity index (χ0) is 12.7. The summed E-state index contributed by atoms with van der Waals surface area (Å²) >= 11 is 0. The summed E-state index contributed by atoms with van der Waals surface area (Å²) in [5.74, 6) is -1.70. The van der Waals surface area contributed by atoms with Gasteiger partial charge in [-0.25, -0.2) is 13.8 Å². The molecule has 0 saturated carbocycles. The molecule has 2 aromatic rings. The van der Waals surface area contributed by atoms with Gasteiger partial charge >= 0.3 is 0 Å². The van der Waals surface area contributed by atoms with E-state index in [9.17, 15) is 13.9 Å². The minimum atomic E-state index is -1.07. The van der Waals surface area contributed by atoms with Crippen LogP contribution < -0.4 is 4.74 Å². The molecule has 3 rings (SSSR count). The van der Waals surface area contributed by atoms with Gasteiger partial charge in [-0.15, -0.1) is 0 Å². The van der Waals surface area contributed by atoms with Crippen molar-refractivity contribution < 1.29 is 18.6 Å². The molecule has 0 fully saturated rings. The number of aliphatic hydroxyl groups is 1. The van der Waals surface area contributed by atoms with Crippen LogP contribution in [0.2, 0.25) is 0 Å². The van der Waals surface area contributed by atoms with E-state index in [0.29, 0.717) is 11.1 Å². The molecule has 0 spiro atoms. The number of nitrogens with zero attached hydrogens (tertiary/aromatic N) is 1. The van der Waals surface area contributed by atoms with E-state index in [1.165, 1.54) is 12.3 Å². The van der Waals surface area contributed by atoms with Crippen LogP contribution in [-0.2, 0) is 6.61 Å². The summed E-state index contributed by atoms with van der Waals surface area (Å²) in [5, 5.41) is 10.2. The van der Waals surface area contributed by atoms with Crippen molar-refractivity contribution in [2.24, 2.45) is 0 Å². The summed E-state index contributed by atoms with van der Waals surface area (Å²) < 4.78 is 32.1. The van der Waals surface area contributed by atoms with Gasteiger partial charge in [0.15, 0.2) is 11.6 Å². The number of hydrogen-bond acceptors (Lipinski definition) is 3. The molecule has 2 heterocycles. The highest BCUT2D eigenvalue weighted by Crippen LogP contribution is 2.35. The van der Waals surface area contributed by atoms with Crippen molar-refractivity contribution in [1.29, 1.82) is 0 Å². The lowest BCUT2D eigenvalue weighted by atomic mass is 9.98. The van der Waals surface area contributed by atoms with Gasteiger partial charge in [-0.3, -0.25) is 0 Å². The van der Waals surface area contributed by atoms with E-state index in [1.54, 1.807) is 12.1 Å². The van der Waals surface area contributed by atoms with Gasteiger partial charge < -0.3 is 9.84 Å². The van der Waals surface area contributed by atoms with E-state index in [1.807, 2.05) is 0 Å². The van der Waals surface area contributed by atoms with Gasteiger partial charge in [-0.05, 0) is 23.8 Å². The van der Waals surface area contributed by atoms with E-state index < -0.39 is 17.7 Å². The van der Waals surface area contributed by atoms with Gasteiger partial charge in [0.05, 0.1) is 0 Å². The number of halogens is 2. The Labute approximate surface area is 102 Å². The van der Waals surface area contributed by atoms with Crippen LogP contribution in [0.4, 0.5) is 8.78 Å². The third-order valence-corrected chi connectivity index (χ3v) is 2.98. The second-order valence-electron chi connectivity index (χ2n) is 4.02. The zero-order valence-corrected chi connectivity index (χ0v) is 9.23. The smallest absolute Gasteiger partial charge is 0.219 e. The van der Waals surface area contributed by atoms with Crippen molar-refractivity contribution in [3.8, 4) is 5.88 Å². The highest BCUT2D eigenvalue weighted by molar-refractivity contribution is 5.42. The molecule has 1 unspecified atom stereocenters. The van der Waals surface area contributed by atoms with E-state index >= 15 is 0 Å². The first-order chi connectivity index (χ1) is 8.68. The average Bonchev–Trinajstić information content (AvgIpc) is 2.53. The Kier molecular flexibility index (Phi) is 2.48. The molecule has 0 bridgehead atoms. The van der Waals surface area contributed by atoms with Gasteiger partial charge in [-0.2, -0.15) is 0 Å². The third kappa shape index (κ3) is 1.55. The summed E-state index contributed by atoms with van der Waals surface area (Å²) in [4.78, 5) is 3.97. The first-order valence-electron chi connectivity index (χ1n) is 5.41. The third-order valence-electron chi connectivity index (χ3n) is 2.98. The number of rotatable bonds is 0. The summed E-state index contributed by atoms with van der Waals surface area (Å²) in [6, 6.07) is 5.66. The van der Waals surface area contributed by atoms with E-state index in [4.69, 9.17) is 4.74 Å². The molecular formula is C13H9F2NO2. The molecule has 1 aromatic heterocycles. The first-order valence-corrected chi connectivity index (χ1v) is 5.41. The number of hydrogen-bond donors (Lipinski definition) is 1. The van der Waals surface area contributed by atoms with Gasteiger partial charge in [0, 0.05) is 17.3 Å². The monoisotopic (exact) mass is 249 g/mol. The lowest BCUT2D eigenvalue weighted by Gasteiger charge is -2.12. The second kappa shape index (κ2) is 4.03. The standard InChI is InChI=1S/C13H9F2NO2/c14-10-4-3-7-9(11(10)15)6-18-13-8(12(7)17)2-1-5-16-13/h1-5,12,17H,6H2. The van der Waals surface area contributed by atoms with Crippen molar-refractivity contribution in [1.82, 2.24) is 4.98 Å². The Bertz CT molecular complexity index is 616. The molecule has 1 aromatic carbocycles. The summed E-state index contributed by atoms with van der Waals surface area (Å²) in [7, 11) is 0. The lowest BCUT2D eigenvalue weighted by molar-refractivity contribution is 0.217. The average molecular weight is 249 g/mol. The molecular weight excluding hydrogens is 240 g/mol. The van der Waals surface area contributed by atoms with Crippen LogP contribution in [0.5, 0.6) is 5.88 Å². The normalized spacial score (nSPS) is 17.4. The quantitative estimate of drug-likeness (QED) is 0.779. The maximum absolute atomic E-state index is 13.7. The Morgan fingerprint density at radius 1 is 1.22 bits per heavy atom. The maximum Gasteiger partial charge on any atom is 0.219 e. The molecule has 0 radical (unpaired) electrons. The van der Waals surface area contributed by atoms with Crippen molar-refractivity contribution in [3.05, 3.63) is 58.8 Å². The summed E-state index contributed by atoms with van der Waals surface area (Å²) in [5.41, 5.74) is 0.781. The van der Waals surface area contributed by atoms with E-state index in [-0.39, 0.29) is 18.1 Å². The zero-order valence-electron chi connectivity index (χ0n) is 9.23. The van der Waals surface area contributed by atoms with Crippen LogP contribution in [0, 0.1) is 11.6 Å². The van der Waals surface area contributed by atoms with Crippen LogP contribution in [0.15, 0.2) is 30.5 Å². The molecule has 0 aliphatic carbocycles. The molecule has 0 saturated heterocycles. The highest BCUT2D eigenvalue weighted by atomic mass is 19.2. The minimum absolute atomic E-state index is 0.0282. The number of benzene rings is 1. The molecule has 18 heavy (non-hydrogen) atoms. The predicted octanol–water partition coefficient (Wildman–Crippen LogP) is 2.33. The number of pyridine rings is 1. The number of fused-ring (bicyclic) bond motifs is 2. The Morgan fingerprint density at radius 3 is 2.89 bits per heavy atom. The van der Waals surface area contributed by atoms with Gasteiger partial charge in [0.2, 0.25) is 5.88 Å². The number of aliphatic hydroxyl groups excluding tert-OH is 1. The number of aromatic nitrogens is 1. The van der Waals surface area contributed by atoms with Crippen LogP contribution in [0.3, 0.4) is 0 Å². The van der Waals surface area contributed by atoms with E-state index in [0.717, 1.165) is 6.07 Å². The largest absolute Gasteiger partial charge is 0.472 e. The predicted molar refractivity (Wildman–Crippen MR) is 59.0 cm³/mol. The molecule has 3 nitrogen and oxygen atoms in total.